The van der Waals surface area contributed by atoms with Crippen LogP contribution in [-0.2, 0) is 10.8 Å². The standard InChI is InChI=1S/C64H45N/c1-63(2)58-39-40-59-62(53-21-11-14-24-57(53)64(59)55-22-12-9-19-51(55)52-20-10-13-23-56(52)64)61(58)54-38-31-47(41-60(54)63)46-29-36-50(37-30-46)65(48-32-25-44(26-33-48)42-15-5-3-6-16-42)49-34-27-45(28-35-49)43-17-7-4-8-18-43/h3-41H,1-2H3. The van der Waals surface area contributed by atoms with Gasteiger partial charge in [0.05, 0.1) is 5.41 Å². The fraction of sp³-hybridized carbons (Fsp3) is 0.0625. The lowest BCUT2D eigenvalue weighted by molar-refractivity contribution is 0.660. The molecule has 10 aromatic carbocycles. The maximum Gasteiger partial charge on any atom is 0.0725 e. The largest absolute Gasteiger partial charge is 0.311 e. The van der Waals surface area contributed by atoms with Crippen LogP contribution >= 0.6 is 0 Å². The van der Waals surface area contributed by atoms with Crippen molar-refractivity contribution in [2.45, 2.75) is 24.7 Å². The number of hydrogen-bond acceptors (Lipinski definition) is 1. The highest BCUT2D eigenvalue weighted by molar-refractivity contribution is 6.03. The van der Waals surface area contributed by atoms with Crippen molar-refractivity contribution in [3.63, 3.8) is 0 Å². The molecule has 3 aliphatic rings. The molecule has 0 aliphatic heterocycles. The Morgan fingerprint density at radius 3 is 1.12 bits per heavy atom. The summed E-state index contributed by atoms with van der Waals surface area (Å²) in [7, 11) is 0. The van der Waals surface area contributed by atoms with Crippen molar-refractivity contribution in [2.75, 3.05) is 4.90 Å². The Kier molecular flexibility index (Phi) is 8.24. The first-order chi connectivity index (χ1) is 32.0. The van der Waals surface area contributed by atoms with Gasteiger partial charge in [0.1, 0.15) is 0 Å². The van der Waals surface area contributed by atoms with Gasteiger partial charge in [-0.2, -0.15) is 0 Å². The average molecular weight is 828 g/mol. The van der Waals surface area contributed by atoms with E-state index in [1.165, 1.54) is 100 Å². The van der Waals surface area contributed by atoms with Crippen LogP contribution in [0.4, 0.5) is 17.1 Å². The average Bonchev–Trinajstić information content (AvgIpc) is 3.93. The second kappa shape index (κ2) is 14.3. The fourth-order valence-electron chi connectivity index (χ4n) is 11.7. The fourth-order valence-corrected chi connectivity index (χ4v) is 11.7. The van der Waals surface area contributed by atoms with Gasteiger partial charge in [-0.15, -0.1) is 0 Å². The van der Waals surface area contributed by atoms with Crippen molar-refractivity contribution < 1.29 is 0 Å². The van der Waals surface area contributed by atoms with Crippen LogP contribution in [0.15, 0.2) is 237 Å². The monoisotopic (exact) mass is 827 g/mol. The van der Waals surface area contributed by atoms with E-state index in [0.717, 1.165) is 17.1 Å². The summed E-state index contributed by atoms with van der Waals surface area (Å²) in [6.07, 6.45) is 0. The van der Waals surface area contributed by atoms with Crippen molar-refractivity contribution in [1.82, 2.24) is 0 Å². The van der Waals surface area contributed by atoms with E-state index < -0.39 is 0 Å². The summed E-state index contributed by atoms with van der Waals surface area (Å²) >= 11 is 0. The van der Waals surface area contributed by atoms with E-state index in [4.69, 9.17) is 0 Å². The minimum atomic E-state index is -0.357. The van der Waals surface area contributed by atoms with Gasteiger partial charge in [0.15, 0.2) is 0 Å². The molecule has 1 nitrogen and oxygen atoms in total. The first-order valence-electron chi connectivity index (χ1n) is 22.8. The van der Waals surface area contributed by atoms with Gasteiger partial charge in [-0.05, 0) is 143 Å². The molecule has 0 aromatic heterocycles. The molecule has 0 unspecified atom stereocenters. The first kappa shape index (κ1) is 37.5. The predicted molar refractivity (Wildman–Crippen MR) is 271 cm³/mol. The van der Waals surface area contributed by atoms with Gasteiger partial charge in [-0.25, -0.2) is 0 Å². The van der Waals surface area contributed by atoms with Crippen LogP contribution in [0.2, 0.25) is 0 Å². The molecule has 0 atom stereocenters. The van der Waals surface area contributed by atoms with Crippen molar-refractivity contribution in [3.8, 4) is 66.8 Å². The number of hydrogen-bond donors (Lipinski definition) is 0. The molecular weight excluding hydrogens is 783 g/mol. The molecule has 0 N–H and O–H groups in total. The maximum atomic E-state index is 2.47. The first-order valence-corrected chi connectivity index (χ1v) is 22.8. The Morgan fingerprint density at radius 2 is 0.615 bits per heavy atom. The number of nitrogens with zero attached hydrogens (tertiary/aromatic N) is 1. The van der Waals surface area contributed by atoms with E-state index in [1.54, 1.807) is 0 Å². The van der Waals surface area contributed by atoms with E-state index in [9.17, 15) is 0 Å². The second-order valence-corrected chi connectivity index (χ2v) is 18.4. The van der Waals surface area contributed by atoms with Gasteiger partial charge in [0.2, 0.25) is 0 Å². The Hall–Kier alpha value is -8.00. The van der Waals surface area contributed by atoms with Crippen LogP contribution in [0.3, 0.4) is 0 Å². The summed E-state index contributed by atoms with van der Waals surface area (Å²) in [6, 6.07) is 87.7. The highest BCUT2D eigenvalue weighted by Crippen LogP contribution is 2.66. The molecule has 65 heavy (non-hydrogen) atoms. The highest BCUT2D eigenvalue weighted by Gasteiger charge is 2.53. The molecule has 0 saturated carbocycles. The van der Waals surface area contributed by atoms with E-state index >= 15 is 0 Å². The number of anilines is 3. The zero-order chi connectivity index (χ0) is 43.3. The van der Waals surface area contributed by atoms with Gasteiger partial charge >= 0.3 is 0 Å². The SMILES string of the molecule is CC1(C)c2cc(-c3ccc(N(c4ccc(-c5ccccc5)cc4)c4ccc(-c5ccccc5)cc4)cc3)ccc2-c2c1ccc1c2-c2ccccc2C12c1ccccc1-c1ccccc12. The van der Waals surface area contributed by atoms with Gasteiger partial charge in [-0.1, -0.05) is 208 Å². The molecule has 13 rings (SSSR count). The molecule has 0 heterocycles. The molecule has 0 bridgehead atoms. The summed E-state index contributed by atoms with van der Waals surface area (Å²) in [5.41, 5.74) is 26.6. The number of benzene rings is 10. The van der Waals surface area contributed by atoms with Crippen LogP contribution in [-0.4, -0.2) is 0 Å². The van der Waals surface area contributed by atoms with E-state index in [2.05, 4.69) is 255 Å². The highest BCUT2D eigenvalue weighted by atomic mass is 15.1. The Labute approximate surface area is 381 Å². The van der Waals surface area contributed by atoms with E-state index in [-0.39, 0.29) is 10.8 Å². The van der Waals surface area contributed by atoms with Gasteiger partial charge in [0, 0.05) is 22.5 Å². The number of rotatable bonds is 6. The summed E-state index contributed by atoms with van der Waals surface area (Å²) in [6.45, 7) is 4.83. The second-order valence-electron chi connectivity index (χ2n) is 18.4. The topological polar surface area (TPSA) is 3.24 Å². The summed E-state index contributed by atoms with van der Waals surface area (Å²) in [5.74, 6) is 0. The Balaban J connectivity index is 0.900. The van der Waals surface area contributed by atoms with Crippen molar-refractivity contribution in [1.29, 1.82) is 0 Å². The van der Waals surface area contributed by atoms with Crippen molar-refractivity contribution in [2.24, 2.45) is 0 Å². The molecule has 0 fully saturated rings. The Bertz CT molecular complexity index is 3340. The lowest BCUT2D eigenvalue weighted by Crippen LogP contribution is -2.26. The molecule has 1 spiro atoms. The van der Waals surface area contributed by atoms with Crippen LogP contribution in [0.1, 0.15) is 47.2 Å². The predicted octanol–water partition coefficient (Wildman–Crippen LogP) is 16.8. The molecular formula is C64H45N. The van der Waals surface area contributed by atoms with Crippen molar-refractivity contribution in [3.05, 3.63) is 270 Å². The molecule has 10 aromatic rings. The molecule has 0 radical (unpaired) electrons. The maximum absolute atomic E-state index is 2.47. The molecule has 0 amide bonds. The van der Waals surface area contributed by atoms with E-state index in [0.29, 0.717) is 0 Å². The lowest BCUT2D eigenvalue weighted by atomic mass is 9.70. The zero-order valence-electron chi connectivity index (χ0n) is 36.5. The van der Waals surface area contributed by atoms with Crippen LogP contribution in [0.25, 0.3) is 66.8 Å². The van der Waals surface area contributed by atoms with Crippen LogP contribution in [0, 0.1) is 0 Å². The van der Waals surface area contributed by atoms with Crippen LogP contribution in [0.5, 0.6) is 0 Å². The molecule has 1 heteroatoms. The molecule has 0 saturated heterocycles. The number of fused-ring (bicyclic) bond motifs is 14. The summed E-state index contributed by atoms with van der Waals surface area (Å²) < 4.78 is 0. The van der Waals surface area contributed by atoms with Gasteiger partial charge in [0.25, 0.3) is 0 Å². The summed E-state index contributed by atoms with van der Waals surface area (Å²) in [4.78, 5) is 2.36. The minimum absolute atomic E-state index is 0.180. The third-order valence-corrected chi connectivity index (χ3v) is 14.7. The normalized spacial score (nSPS) is 13.9. The molecule has 306 valence electrons. The lowest BCUT2D eigenvalue weighted by Gasteiger charge is -2.31. The van der Waals surface area contributed by atoms with Crippen LogP contribution < -0.4 is 4.90 Å². The summed E-state index contributed by atoms with van der Waals surface area (Å²) in [5, 5.41) is 0. The third-order valence-electron chi connectivity index (χ3n) is 14.7. The van der Waals surface area contributed by atoms with Gasteiger partial charge < -0.3 is 4.90 Å². The minimum Gasteiger partial charge on any atom is -0.311 e. The van der Waals surface area contributed by atoms with Gasteiger partial charge in [-0.3, -0.25) is 0 Å². The van der Waals surface area contributed by atoms with Crippen molar-refractivity contribution >= 4 is 17.1 Å². The quantitative estimate of drug-likeness (QED) is 0.161. The smallest absolute Gasteiger partial charge is 0.0725 e. The third kappa shape index (κ3) is 5.46. The Morgan fingerprint density at radius 1 is 0.262 bits per heavy atom. The molecule has 3 aliphatic carbocycles. The van der Waals surface area contributed by atoms with E-state index in [1.807, 2.05) is 0 Å². The zero-order valence-corrected chi connectivity index (χ0v) is 36.5.